The molecule has 2 rings (SSSR count). The van der Waals surface area contributed by atoms with E-state index in [1.807, 2.05) is 17.8 Å². The monoisotopic (exact) mass is 296 g/mol. The molecule has 0 radical (unpaired) electrons. The third kappa shape index (κ3) is 3.96. The molecule has 1 heterocycles. The Hall–Kier alpha value is -1.03. The first-order chi connectivity index (χ1) is 9.12. The first kappa shape index (κ1) is 14.4. The molecule has 1 fully saturated rings. The smallest absolute Gasteiger partial charge is 0.210 e. The summed E-state index contributed by atoms with van der Waals surface area (Å²) >= 11 is 1.83. The summed E-state index contributed by atoms with van der Waals surface area (Å²) in [6.07, 6.45) is 3.45. The quantitative estimate of drug-likeness (QED) is 0.924. The van der Waals surface area contributed by atoms with Crippen LogP contribution in [0.1, 0.15) is 24.8 Å². The molecule has 0 saturated carbocycles. The average Bonchev–Trinajstić information content (AvgIpc) is 2.46. The molecule has 19 heavy (non-hydrogen) atoms. The number of nitrogens with one attached hydrogen (secondary N) is 1. The average molecular weight is 296 g/mol. The summed E-state index contributed by atoms with van der Waals surface area (Å²) in [5.74, 6) is 1.11. The van der Waals surface area contributed by atoms with Crippen LogP contribution < -0.4 is 4.72 Å². The maximum absolute atomic E-state index is 12.1. The van der Waals surface area contributed by atoms with Crippen molar-refractivity contribution < 1.29 is 8.42 Å². The van der Waals surface area contributed by atoms with E-state index in [9.17, 15) is 8.42 Å². The number of hydrogen-bond acceptors (Lipinski definition) is 4. The highest BCUT2D eigenvalue weighted by molar-refractivity contribution is 8.00. The number of thioether (sulfide) groups is 1. The predicted molar refractivity (Wildman–Crippen MR) is 76.4 cm³/mol. The Morgan fingerprint density at radius 2 is 2.26 bits per heavy atom. The standard InChI is InChI=1S/C13H16N2O2S2/c14-9-11-4-3-6-13(8-11)19(16,17)15-10-12-5-1-2-7-18-12/h3-4,6,8,12,15H,1-2,5,7,10H2. The number of benzene rings is 1. The van der Waals surface area contributed by atoms with E-state index >= 15 is 0 Å². The summed E-state index contributed by atoms with van der Waals surface area (Å²) in [5.41, 5.74) is 0.356. The minimum Gasteiger partial charge on any atom is -0.210 e. The zero-order valence-electron chi connectivity index (χ0n) is 10.5. The predicted octanol–water partition coefficient (Wildman–Crippen LogP) is 2.12. The van der Waals surface area contributed by atoms with Crippen molar-refractivity contribution in [1.82, 2.24) is 4.72 Å². The number of hydrogen-bond donors (Lipinski definition) is 1. The minimum atomic E-state index is -3.51. The largest absolute Gasteiger partial charge is 0.240 e. The van der Waals surface area contributed by atoms with Crippen LogP contribution in [-0.2, 0) is 10.0 Å². The van der Waals surface area contributed by atoms with Gasteiger partial charge in [-0.3, -0.25) is 0 Å². The highest BCUT2D eigenvalue weighted by Crippen LogP contribution is 2.24. The summed E-state index contributed by atoms with van der Waals surface area (Å²) in [6, 6.07) is 8.04. The molecule has 1 N–H and O–H groups in total. The lowest BCUT2D eigenvalue weighted by atomic mass is 10.2. The van der Waals surface area contributed by atoms with Crippen molar-refractivity contribution in [3.05, 3.63) is 29.8 Å². The van der Waals surface area contributed by atoms with E-state index in [-0.39, 0.29) is 4.90 Å². The van der Waals surface area contributed by atoms with Crippen molar-refractivity contribution >= 4 is 21.8 Å². The molecule has 0 aromatic heterocycles. The Morgan fingerprint density at radius 3 is 2.95 bits per heavy atom. The zero-order chi connectivity index (χ0) is 13.7. The lowest BCUT2D eigenvalue weighted by Crippen LogP contribution is -2.32. The second-order valence-electron chi connectivity index (χ2n) is 4.48. The van der Waals surface area contributed by atoms with Gasteiger partial charge in [-0.15, -0.1) is 0 Å². The van der Waals surface area contributed by atoms with E-state index in [4.69, 9.17) is 5.26 Å². The fraction of sp³-hybridized carbons (Fsp3) is 0.462. The van der Waals surface area contributed by atoms with Crippen molar-refractivity contribution in [1.29, 1.82) is 5.26 Å². The van der Waals surface area contributed by atoms with Gasteiger partial charge in [-0.1, -0.05) is 12.5 Å². The van der Waals surface area contributed by atoms with Gasteiger partial charge in [-0.05, 0) is 36.8 Å². The fourth-order valence-corrected chi connectivity index (χ4v) is 4.46. The fourth-order valence-electron chi connectivity index (χ4n) is 1.99. The van der Waals surface area contributed by atoms with Crippen LogP contribution in [-0.4, -0.2) is 26.0 Å². The molecule has 0 amide bonds. The van der Waals surface area contributed by atoms with Gasteiger partial charge in [0.15, 0.2) is 0 Å². The van der Waals surface area contributed by atoms with Crippen molar-refractivity contribution in [3.63, 3.8) is 0 Å². The van der Waals surface area contributed by atoms with Crippen LogP contribution in [0.2, 0.25) is 0 Å². The van der Waals surface area contributed by atoms with Gasteiger partial charge in [0.25, 0.3) is 0 Å². The first-order valence-corrected chi connectivity index (χ1v) is 8.76. The lowest BCUT2D eigenvalue weighted by molar-refractivity contribution is 0.574. The van der Waals surface area contributed by atoms with Crippen LogP contribution in [0.25, 0.3) is 0 Å². The maximum Gasteiger partial charge on any atom is 0.240 e. The molecule has 0 bridgehead atoms. The second-order valence-corrected chi connectivity index (χ2v) is 7.66. The van der Waals surface area contributed by atoms with E-state index in [1.165, 1.54) is 25.0 Å². The van der Waals surface area contributed by atoms with Gasteiger partial charge < -0.3 is 0 Å². The molecule has 102 valence electrons. The number of sulfonamides is 1. The molecule has 1 aromatic carbocycles. The SMILES string of the molecule is N#Cc1cccc(S(=O)(=O)NCC2CCCCS2)c1. The molecule has 0 spiro atoms. The highest BCUT2D eigenvalue weighted by Gasteiger charge is 2.19. The Labute approximate surface area is 118 Å². The van der Waals surface area contributed by atoms with E-state index < -0.39 is 10.0 Å². The molecule has 4 nitrogen and oxygen atoms in total. The third-order valence-corrected chi connectivity index (χ3v) is 5.87. The minimum absolute atomic E-state index is 0.160. The van der Waals surface area contributed by atoms with E-state index in [1.54, 1.807) is 12.1 Å². The van der Waals surface area contributed by atoms with Crippen molar-refractivity contribution in [2.24, 2.45) is 0 Å². The Bertz CT molecular complexity index is 573. The molecule has 1 atom stereocenters. The zero-order valence-corrected chi connectivity index (χ0v) is 12.1. The molecule has 1 unspecified atom stereocenters. The van der Waals surface area contributed by atoms with Gasteiger partial charge in [0.05, 0.1) is 16.5 Å². The summed E-state index contributed by atoms with van der Waals surface area (Å²) < 4.78 is 26.9. The number of nitriles is 1. The van der Waals surface area contributed by atoms with Gasteiger partial charge in [0.2, 0.25) is 10.0 Å². The topological polar surface area (TPSA) is 70.0 Å². The first-order valence-electron chi connectivity index (χ1n) is 6.23. The van der Waals surface area contributed by atoms with Crippen molar-refractivity contribution in [2.75, 3.05) is 12.3 Å². The Balaban J connectivity index is 2.03. The van der Waals surface area contributed by atoms with Gasteiger partial charge in [-0.25, -0.2) is 13.1 Å². The number of nitrogens with zero attached hydrogens (tertiary/aromatic N) is 1. The molecule has 1 aliphatic heterocycles. The molecular formula is C13H16N2O2S2. The van der Waals surface area contributed by atoms with Gasteiger partial charge in [0.1, 0.15) is 0 Å². The Morgan fingerprint density at radius 1 is 1.42 bits per heavy atom. The summed E-state index contributed by atoms with van der Waals surface area (Å²) in [4.78, 5) is 0.160. The molecule has 1 aromatic rings. The summed E-state index contributed by atoms with van der Waals surface area (Å²) in [7, 11) is -3.51. The van der Waals surface area contributed by atoms with Crippen LogP contribution in [0.15, 0.2) is 29.2 Å². The number of rotatable bonds is 4. The summed E-state index contributed by atoms with van der Waals surface area (Å²) in [5, 5.41) is 9.16. The molecule has 0 aliphatic carbocycles. The summed E-state index contributed by atoms with van der Waals surface area (Å²) in [6.45, 7) is 0.462. The van der Waals surface area contributed by atoms with E-state index in [0.29, 0.717) is 17.4 Å². The normalized spacial score (nSPS) is 19.8. The van der Waals surface area contributed by atoms with E-state index in [2.05, 4.69) is 4.72 Å². The maximum atomic E-state index is 12.1. The van der Waals surface area contributed by atoms with Crippen LogP contribution in [0, 0.1) is 11.3 Å². The van der Waals surface area contributed by atoms with Gasteiger partial charge in [0, 0.05) is 11.8 Å². The molecule has 6 heteroatoms. The molecule has 1 aliphatic rings. The molecule has 1 saturated heterocycles. The highest BCUT2D eigenvalue weighted by atomic mass is 32.2. The molecular weight excluding hydrogens is 280 g/mol. The Kier molecular flexibility index (Phi) is 4.86. The second kappa shape index (κ2) is 6.42. The van der Waals surface area contributed by atoms with Crippen LogP contribution >= 0.6 is 11.8 Å². The van der Waals surface area contributed by atoms with Crippen molar-refractivity contribution in [2.45, 2.75) is 29.4 Å². The van der Waals surface area contributed by atoms with Crippen molar-refractivity contribution in [3.8, 4) is 6.07 Å². The van der Waals surface area contributed by atoms with Crippen LogP contribution in [0.3, 0.4) is 0 Å². The lowest BCUT2D eigenvalue weighted by Gasteiger charge is -2.21. The van der Waals surface area contributed by atoms with Crippen LogP contribution in [0.4, 0.5) is 0 Å². The van der Waals surface area contributed by atoms with Crippen LogP contribution in [0.5, 0.6) is 0 Å². The van der Waals surface area contributed by atoms with Gasteiger partial charge in [-0.2, -0.15) is 17.0 Å². The van der Waals surface area contributed by atoms with E-state index in [0.717, 1.165) is 12.2 Å². The van der Waals surface area contributed by atoms with Gasteiger partial charge >= 0.3 is 0 Å². The third-order valence-electron chi connectivity index (χ3n) is 3.05.